The summed E-state index contributed by atoms with van der Waals surface area (Å²) in [5, 5.41) is 14.9. The van der Waals surface area contributed by atoms with E-state index in [0.717, 1.165) is 25.7 Å². The van der Waals surface area contributed by atoms with Gasteiger partial charge >= 0.3 is 0 Å². The van der Waals surface area contributed by atoms with Crippen molar-refractivity contribution in [1.82, 2.24) is 0 Å². The molecule has 15 heavy (non-hydrogen) atoms. The molecule has 0 amide bonds. The van der Waals surface area contributed by atoms with E-state index in [1.165, 1.54) is 6.21 Å². The predicted octanol–water partition coefficient (Wildman–Crippen LogP) is 3.28. The summed E-state index contributed by atoms with van der Waals surface area (Å²) in [5.41, 5.74) is 0.681. The molecule has 0 aliphatic carbocycles. The van der Waals surface area contributed by atoms with Crippen LogP contribution in [0.25, 0.3) is 0 Å². The summed E-state index contributed by atoms with van der Waals surface area (Å²) in [6, 6.07) is 0. The molecule has 3 heteroatoms. The molecule has 88 valence electrons. The van der Waals surface area contributed by atoms with Crippen molar-refractivity contribution < 1.29 is 4.74 Å². The van der Waals surface area contributed by atoms with E-state index in [4.69, 9.17) is 15.6 Å². The third-order valence-electron chi connectivity index (χ3n) is 2.76. The van der Waals surface area contributed by atoms with Crippen molar-refractivity contribution in [3.8, 4) is 0 Å². The first-order valence-corrected chi connectivity index (χ1v) is 5.83. The summed E-state index contributed by atoms with van der Waals surface area (Å²) in [4.78, 5) is 0. The first-order chi connectivity index (χ1) is 7.15. The lowest BCUT2D eigenvalue weighted by Gasteiger charge is -2.16. The normalized spacial score (nSPS) is 14.6. The van der Waals surface area contributed by atoms with Crippen molar-refractivity contribution in [2.75, 3.05) is 6.61 Å². The van der Waals surface area contributed by atoms with Gasteiger partial charge in [-0.25, -0.2) is 0 Å². The van der Waals surface area contributed by atoms with Crippen molar-refractivity contribution in [2.45, 2.75) is 52.6 Å². The van der Waals surface area contributed by atoms with Crippen molar-refractivity contribution in [2.24, 2.45) is 5.92 Å². The van der Waals surface area contributed by atoms with Crippen LogP contribution in [0.2, 0.25) is 0 Å². The van der Waals surface area contributed by atoms with Gasteiger partial charge in [0.15, 0.2) is 0 Å². The zero-order valence-electron chi connectivity index (χ0n) is 10.2. The molecule has 3 nitrogen and oxygen atoms in total. The van der Waals surface area contributed by atoms with E-state index in [9.17, 15) is 0 Å². The highest BCUT2D eigenvalue weighted by atomic mass is 16.5. The molecule has 0 aromatic heterocycles. The molecule has 0 radical (unpaired) electrons. The van der Waals surface area contributed by atoms with Gasteiger partial charge in [-0.05, 0) is 45.2 Å². The van der Waals surface area contributed by atoms with E-state index in [1.807, 2.05) is 13.8 Å². The van der Waals surface area contributed by atoms with Crippen LogP contribution >= 0.6 is 0 Å². The lowest BCUT2D eigenvalue weighted by molar-refractivity contribution is 0.120. The molecule has 0 bridgehead atoms. The molecule has 0 saturated carbocycles. The Kier molecular flexibility index (Phi) is 8.19. The highest BCUT2D eigenvalue weighted by Gasteiger charge is 2.11. The number of hydrogen-bond acceptors (Lipinski definition) is 3. The molecule has 0 rings (SSSR count). The highest BCUT2D eigenvalue weighted by molar-refractivity contribution is 5.85. The maximum atomic E-state index is 7.82. The quantitative estimate of drug-likeness (QED) is 0.566. The Balaban J connectivity index is 3.81. The van der Waals surface area contributed by atoms with Gasteiger partial charge in [-0.3, -0.25) is 0 Å². The zero-order valence-corrected chi connectivity index (χ0v) is 10.2. The topological polar surface area (TPSA) is 56.9 Å². The Morgan fingerprint density at radius 3 is 2.53 bits per heavy atom. The maximum Gasteiger partial charge on any atom is 0.0920 e. The molecule has 2 atom stereocenters. The van der Waals surface area contributed by atoms with Gasteiger partial charge < -0.3 is 15.6 Å². The van der Waals surface area contributed by atoms with E-state index in [2.05, 4.69) is 6.92 Å². The Hall–Kier alpha value is -0.700. The Labute approximate surface area is 93.2 Å². The van der Waals surface area contributed by atoms with Crippen molar-refractivity contribution in [3.05, 3.63) is 0 Å². The fraction of sp³-hybridized carbons (Fsp3) is 0.833. The minimum atomic E-state index is -0.0486. The van der Waals surface area contributed by atoms with Crippen LogP contribution in [-0.2, 0) is 4.74 Å². The van der Waals surface area contributed by atoms with E-state index in [1.54, 1.807) is 0 Å². The molecule has 2 unspecified atom stereocenters. The Morgan fingerprint density at radius 2 is 2.07 bits per heavy atom. The summed E-state index contributed by atoms with van der Waals surface area (Å²) in [7, 11) is 0. The first kappa shape index (κ1) is 14.3. The smallest absolute Gasteiger partial charge is 0.0920 e. The minimum Gasteiger partial charge on any atom is -0.373 e. The largest absolute Gasteiger partial charge is 0.373 e. The van der Waals surface area contributed by atoms with Gasteiger partial charge in [0.05, 0.1) is 6.10 Å². The summed E-state index contributed by atoms with van der Waals surface area (Å²) in [6.07, 6.45) is 5.16. The zero-order chi connectivity index (χ0) is 11.7. The van der Waals surface area contributed by atoms with Crippen LogP contribution in [-0.4, -0.2) is 24.6 Å². The molecule has 0 spiro atoms. The monoisotopic (exact) mass is 212 g/mol. The summed E-state index contributed by atoms with van der Waals surface area (Å²) < 4.78 is 5.36. The third-order valence-corrected chi connectivity index (χ3v) is 2.76. The van der Waals surface area contributed by atoms with E-state index >= 15 is 0 Å². The second-order valence-corrected chi connectivity index (χ2v) is 3.88. The second-order valence-electron chi connectivity index (χ2n) is 3.88. The van der Waals surface area contributed by atoms with Gasteiger partial charge in [0.25, 0.3) is 0 Å². The van der Waals surface area contributed by atoms with Crippen LogP contribution in [0.5, 0.6) is 0 Å². The standard InChI is InChI=1S/C12H24N2O/c1-4-11(8-9-13)6-7-12(14)10(3)15-5-2/h9-11,13-14H,4-8H2,1-3H3. The van der Waals surface area contributed by atoms with Gasteiger partial charge in [0.2, 0.25) is 0 Å². The van der Waals surface area contributed by atoms with E-state index in [-0.39, 0.29) is 6.10 Å². The molecule has 0 saturated heterocycles. The number of nitrogens with one attached hydrogen (secondary N) is 2. The van der Waals surface area contributed by atoms with Crippen LogP contribution in [0.15, 0.2) is 0 Å². The van der Waals surface area contributed by atoms with Crippen LogP contribution in [0.1, 0.15) is 46.5 Å². The first-order valence-electron chi connectivity index (χ1n) is 5.83. The van der Waals surface area contributed by atoms with Crippen LogP contribution in [0.4, 0.5) is 0 Å². The minimum absolute atomic E-state index is 0.0486. The van der Waals surface area contributed by atoms with Gasteiger partial charge in [-0.2, -0.15) is 0 Å². The van der Waals surface area contributed by atoms with Gasteiger partial charge in [-0.1, -0.05) is 13.3 Å². The predicted molar refractivity (Wildman–Crippen MR) is 65.2 cm³/mol. The van der Waals surface area contributed by atoms with Crippen molar-refractivity contribution in [1.29, 1.82) is 10.8 Å². The molecule has 0 aliphatic heterocycles. The Morgan fingerprint density at radius 1 is 1.40 bits per heavy atom. The molecule has 0 aromatic carbocycles. The summed E-state index contributed by atoms with van der Waals surface area (Å²) in [6.45, 7) is 6.70. The van der Waals surface area contributed by atoms with Crippen LogP contribution < -0.4 is 0 Å². The molecule has 0 heterocycles. The van der Waals surface area contributed by atoms with E-state index in [0.29, 0.717) is 18.2 Å². The number of hydrogen-bond donors (Lipinski definition) is 2. The fourth-order valence-electron chi connectivity index (χ4n) is 1.57. The van der Waals surface area contributed by atoms with Crippen molar-refractivity contribution in [3.63, 3.8) is 0 Å². The molecule has 0 fully saturated rings. The van der Waals surface area contributed by atoms with Crippen LogP contribution in [0, 0.1) is 16.7 Å². The SMILES string of the molecule is CCOC(C)C(=N)CCC(CC)CC=N. The second kappa shape index (κ2) is 8.60. The molecule has 0 aromatic rings. The average molecular weight is 212 g/mol. The highest BCUT2D eigenvalue weighted by Crippen LogP contribution is 2.15. The lowest BCUT2D eigenvalue weighted by atomic mass is 9.95. The maximum absolute atomic E-state index is 7.82. The molecule has 0 aliphatic rings. The van der Waals surface area contributed by atoms with Gasteiger partial charge in [0, 0.05) is 12.3 Å². The molecule has 2 N–H and O–H groups in total. The van der Waals surface area contributed by atoms with Gasteiger partial charge in [-0.15, -0.1) is 0 Å². The Bertz CT molecular complexity index is 192. The van der Waals surface area contributed by atoms with Gasteiger partial charge in [0.1, 0.15) is 0 Å². The van der Waals surface area contributed by atoms with Crippen LogP contribution in [0.3, 0.4) is 0 Å². The molecular weight excluding hydrogens is 188 g/mol. The number of rotatable bonds is 9. The fourth-order valence-corrected chi connectivity index (χ4v) is 1.57. The lowest BCUT2D eigenvalue weighted by Crippen LogP contribution is -2.20. The summed E-state index contributed by atoms with van der Waals surface area (Å²) >= 11 is 0. The van der Waals surface area contributed by atoms with E-state index < -0.39 is 0 Å². The third kappa shape index (κ3) is 6.39. The molecular formula is C12H24N2O. The van der Waals surface area contributed by atoms with Crippen molar-refractivity contribution >= 4 is 11.9 Å². The number of ether oxygens (including phenoxy) is 1. The summed E-state index contributed by atoms with van der Waals surface area (Å²) in [5.74, 6) is 0.552. The average Bonchev–Trinajstić information content (AvgIpc) is 2.24.